The van der Waals surface area contributed by atoms with Crippen LogP contribution >= 0.6 is 0 Å². The van der Waals surface area contributed by atoms with E-state index in [0.29, 0.717) is 29.9 Å². The zero-order valence-corrected chi connectivity index (χ0v) is 14.4. The van der Waals surface area contributed by atoms with Crippen molar-refractivity contribution >= 4 is 0 Å². The van der Waals surface area contributed by atoms with Gasteiger partial charge in [-0.3, -0.25) is 9.80 Å². The quantitative estimate of drug-likeness (QED) is 0.813. The maximum absolute atomic E-state index is 13.3. The van der Waals surface area contributed by atoms with Crippen LogP contribution in [0.1, 0.15) is 32.1 Å². The Labute approximate surface area is 142 Å². The molecule has 0 saturated carbocycles. The summed E-state index contributed by atoms with van der Waals surface area (Å²) in [6.45, 7) is 6.12. The lowest BCUT2D eigenvalue weighted by molar-refractivity contribution is 0.138. The Bertz CT molecular complexity index is 660. The lowest BCUT2D eigenvalue weighted by Gasteiger charge is -2.34. The average Bonchev–Trinajstić information content (AvgIpc) is 3.02. The molecule has 1 aliphatic rings. The number of likely N-dealkylation sites (N-methyl/N-ethyl adjacent to an activating group) is 1. The number of piperidine rings is 1. The van der Waals surface area contributed by atoms with Crippen LogP contribution in [0.15, 0.2) is 28.7 Å². The van der Waals surface area contributed by atoms with E-state index in [2.05, 4.69) is 34.0 Å². The van der Waals surface area contributed by atoms with Crippen molar-refractivity contribution in [2.24, 2.45) is 0 Å². The number of aromatic nitrogens is 2. The third kappa shape index (κ3) is 4.39. The van der Waals surface area contributed by atoms with E-state index in [1.165, 1.54) is 37.9 Å². The molecule has 1 unspecified atom stereocenters. The lowest BCUT2D eigenvalue weighted by Crippen LogP contribution is -2.41. The van der Waals surface area contributed by atoms with E-state index >= 15 is 0 Å². The van der Waals surface area contributed by atoms with Crippen LogP contribution in [0.3, 0.4) is 0 Å². The van der Waals surface area contributed by atoms with Crippen molar-refractivity contribution in [2.45, 2.75) is 38.8 Å². The van der Waals surface area contributed by atoms with Gasteiger partial charge in [0.25, 0.3) is 0 Å². The molecule has 0 amide bonds. The highest BCUT2D eigenvalue weighted by Gasteiger charge is 2.18. The largest absolute Gasteiger partial charge is 0.419 e. The van der Waals surface area contributed by atoms with Crippen LogP contribution in [-0.4, -0.2) is 52.7 Å². The molecule has 130 valence electrons. The minimum atomic E-state index is -0.306. The summed E-state index contributed by atoms with van der Waals surface area (Å²) in [7, 11) is 2.06. The topological polar surface area (TPSA) is 45.4 Å². The number of hydrogen-bond acceptors (Lipinski definition) is 5. The normalized spacial score (nSPS) is 19.1. The Morgan fingerprint density at radius 3 is 3.00 bits per heavy atom. The molecule has 1 aliphatic heterocycles. The van der Waals surface area contributed by atoms with Gasteiger partial charge in [0.2, 0.25) is 11.8 Å². The summed E-state index contributed by atoms with van der Waals surface area (Å²) < 4.78 is 18.9. The fourth-order valence-corrected chi connectivity index (χ4v) is 3.15. The fraction of sp³-hybridized carbons (Fsp3) is 0.556. The Morgan fingerprint density at radius 2 is 2.21 bits per heavy atom. The van der Waals surface area contributed by atoms with Crippen molar-refractivity contribution in [1.82, 2.24) is 20.0 Å². The molecular formula is C18H25FN4O. The molecule has 0 spiro atoms. The minimum absolute atomic E-state index is 0.306. The van der Waals surface area contributed by atoms with Gasteiger partial charge in [-0.05, 0) is 51.6 Å². The first-order valence-electron chi connectivity index (χ1n) is 8.63. The van der Waals surface area contributed by atoms with E-state index in [4.69, 9.17) is 4.42 Å². The second-order valence-corrected chi connectivity index (χ2v) is 6.63. The van der Waals surface area contributed by atoms with Crippen LogP contribution < -0.4 is 0 Å². The summed E-state index contributed by atoms with van der Waals surface area (Å²) in [6, 6.07) is 6.88. The van der Waals surface area contributed by atoms with E-state index in [0.717, 1.165) is 13.1 Å². The molecule has 1 fully saturated rings. The zero-order valence-electron chi connectivity index (χ0n) is 14.4. The molecule has 0 aliphatic carbocycles. The van der Waals surface area contributed by atoms with E-state index in [-0.39, 0.29) is 5.82 Å². The van der Waals surface area contributed by atoms with Crippen LogP contribution in [0.5, 0.6) is 0 Å². The van der Waals surface area contributed by atoms with Crippen molar-refractivity contribution < 1.29 is 8.81 Å². The predicted molar refractivity (Wildman–Crippen MR) is 90.9 cm³/mol. The molecule has 1 aromatic carbocycles. The molecule has 1 saturated heterocycles. The highest BCUT2D eigenvalue weighted by molar-refractivity contribution is 5.52. The molecule has 1 aromatic heterocycles. The van der Waals surface area contributed by atoms with Crippen LogP contribution in [0, 0.1) is 5.82 Å². The molecule has 0 bridgehead atoms. The van der Waals surface area contributed by atoms with Gasteiger partial charge in [-0.2, -0.15) is 0 Å². The van der Waals surface area contributed by atoms with Gasteiger partial charge in [0.1, 0.15) is 5.82 Å². The van der Waals surface area contributed by atoms with Crippen LogP contribution in [0.4, 0.5) is 4.39 Å². The summed E-state index contributed by atoms with van der Waals surface area (Å²) in [4.78, 5) is 4.73. The van der Waals surface area contributed by atoms with Crippen LogP contribution in [0.25, 0.3) is 11.5 Å². The number of nitrogens with zero attached hydrogens (tertiary/aromatic N) is 4. The third-order valence-electron chi connectivity index (χ3n) is 4.65. The Balaban J connectivity index is 1.52. The van der Waals surface area contributed by atoms with Gasteiger partial charge in [0.05, 0.1) is 6.54 Å². The molecule has 6 heteroatoms. The van der Waals surface area contributed by atoms with Crippen molar-refractivity contribution in [1.29, 1.82) is 0 Å². The average molecular weight is 332 g/mol. The minimum Gasteiger partial charge on any atom is -0.419 e. The predicted octanol–water partition coefficient (Wildman–Crippen LogP) is 3.18. The fourth-order valence-electron chi connectivity index (χ4n) is 3.15. The maximum Gasteiger partial charge on any atom is 0.247 e. The molecule has 24 heavy (non-hydrogen) atoms. The standard InChI is InChI=1S/C18H25FN4O/c1-14-6-3-4-9-23(14)11-10-22(2)13-17-20-21-18(24-17)15-7-5-8-16(19)12-15/h5,7-8,12,14H,3-4,6,9-11,13H2,1-2H3. The van der Waals surface area contributed by atoms with Crippen molar-refractivity contribution in [3.05, 3.63) is 36.0 Å². The number of hydrogen-bond donors (Lipinski definition) is 0. The summed E-state index contributed by atoms with van der Waals surface area (Å²) in [5.74, 6) is 0.617. The SMILES string of the molecule is CC1CCCCN1CCN(C)Cc1nnc(-c2cccc(F)c2)o1. The Hall–Kier alpha value is -1.79. The summed E-state index contributed by atoms with van der Waals surface area (Å²) in [5.41, 5.74) is 0.610. The lowest BCUT2D eigenvalue weighted by atomic mass is 10.0. The Morgan fingerprint density at radius 1 is 1.33 bits per heavy atom. The molecular weight excluding hydrogens is 307 g/mol. The number of likely N-dealkylation sites (tertiary alicyclic amines) is 1. The molecule has 0 N–H and O–H groups in total. The summed E-state index contributed by atoms with van der Waals surface area (Å²) >= 11 is 0. The van der Waals surface area contributed by atoms with Gasteiger partial charge >= 0.3 is 0 Å². The Kier molecular flexibility index (Phi) is 5.58. The van der Waals surface area contributed by atoms with Gasteiger partial charge in [0.15, 0.2) is 0 Å². The summed E-state index contributed by atoms with van der Waals surface area (Å²) in [5, 5.41) is 8.10. The first kappa shape index (κ1) is 17.0. The molecule has 0 radical (unpaired) electrons. The molecule has 2 aromatic rings. The molecule has 2 heterocycles. The number of benzene rings is 1. The van der Waals surface area contributed by atoms with Crippen molar-refractivity contribution in [2.75, 3.05) is 26.7 Å². The summed E-state index contributed by atoms with van der Waals surface area (Å²) in [6.07, 6.45) is 3.94. The molecule has 1 atom stereocenters. The highest BCUT2D eigenvalue weighted by Crippen LogP contribution is 2.19. The van der Waals surface area contributed by atoms with Gasteiger partial charge in [-0.25, -0.2) is 4.39 Å². The van der Waals surface area contributed by atoms with E-state index in [9.17, 15) is 4.39 Å². The van der Waals surface area contributed by atoms with Crippen LogP contribution in [-0.2, 0) is 6.54 Å². The monoisotopic (exact) mass is 332 g/mol. The highest BCUT2D eigenvalue weighted by atomic mass is 19.1. The second-order valence-electron chi connectivity index (χ2n) is 6.63. The third-order valence-corrected chi connectivity index (χ3v) is 4.65. The van der Waals surface area contributed by atoms with Crippen molar-refractivity contribution in [3.8, 4) is 11.5 Å². The number of halogens is 1. The van der Waals surface area contributed by atoms with Crippen molar-refractivity contribution in [3.63, 3.8) is 0 Å². The van der Waals surface area contributed by atoms with Gasteiger partial charge < -0.3 is 4.42 Å². The smallest absolute Gasteiger partial charge is 0.247 e. The molecule has 3 rings (SSSR count). The van der Waals surface area contributed by atoms with Crippen LogP contribution in [0.2, 0.25) is 0 Å². The number of rotatable bonds is 6. The van der Waals surface area contributed by atoms with Gasteiger partial charge in [0, 0.05) is 24.7 Å². The second kappa shape index (κ2) is 7.85. The van der Waals surface area contributed by atoms with Gasteiger partial charge in [-0.15, -0.1) is 10.2 Å². The van der Waals surface area contributed by atoms with Gasteiger partial charge in [-0.1, -0.05) is 12.5 Å². The first-order chi connectivity index (χ1) is 11.6. The zero-order chi connectivity index (χ0) is 16.9. The molecule has 5 nitrogen and oxygen atoms in total. The first-order valence-corrected chi connectivity index (χ1v) is 8.63. The van der Waals surface area contributed by atoms with E-state index in [1.54, 1.807) is 12.1 Å². The maximum atomic E-state index is 13.3. The van der Waals surface area contributed by atoms with E-state index in [1.807, 2.05) is 0 Å². The van der Waals surface area contributed by atoms with E-state index < -0.39 is 0 Å².